The summed E-state index contributed by atoms with van der Waals surface area (Å²) in [6.45, 7) is 22.8. The Morgan fingerprint density at radius 3 is 0.767 bits per heavy atom. The summed E-state index contributed by atoms with van der Waals surface area (Å²) in [7, 11) is 0. The topological polar surface area (TPSA) is 185 Å². The quantitative estimate of drug-likeness (QED) is 0.110. The van der Waals surface area contributed by atoms with Crippen molar-refractivity contribution >= 4 is 148 Å². The van der Waals surface area contributed by atoms with Gasteiger partial charge in [0, 0.05) is 93.4 Å². The van der Waals surface area contributed by atoms with Gasteiger partial charge in [-0.25, -0.2) is 14.5 Å². The predicted octanol–water partition coefficient (Wildman–Crippen LogP) is 34.5. The van der Waals surface area contributed by atoms with Gasteiger partial charge in [-0.2, -0.15) is 31.6 Å². The molecule has 150 heavy (non-hydrogen) atoms. The van der Waals surface area contributed by atoms with Crippen LogP contribution >= 0.6 is 0 Å². The summed E-state index contributed by atoms with van der Waals surface area (Å²) in [6.07, 6.45) is 0. The van der Waals surface area contributed by atoms with Crippen LogP contribution in [-0.2, 0) is 0 Å². The van der Waals surface area contributed by atoms with E-state index in [2.05, 4.69) is 309 Å². The molecule has 0 bridgehead atoms. The van der Waals surface area contributed by atoms with Crippen LogP contribution in [0.1, 0.15) is 33.4 Å². The highest BCUT2D eigenvalue weighted by molar-refractivity contribution is 6.17. The number of fused-ring (bicyclic) bond motifs is 18. The molecular weight excluding hydrogens is 1830 g/mol. The molecule has 0 aliphatic rings. The van der Waals surface area contributed by atoms with Crippen molar-refractivity contribution in [2.24, 2.45) is 0 Å². The van der Waals surface area contributed by atoms with Crippen LogP contribution in [0.5, 0.6) is 0 Å². The van der Waals surface area contributed by atoms with Crippen molar-refractivity contribution in [3.05, 3.63) is 523 Å². The van der Waals surface area contributed by atoms with Gasteiger partial charge < -0.3 is 27.4 Å². The van der Waals surface area contributed by atoms with E-state index in [9.17, 15) is 31.6 Å². The third-order valence-corrected chi connectivity index (χ3v) is 28.8. The first kappa shape index (κ1) is 89.2. The summed E-state index contributed by atoms with van der Waals surface area (Å²) >= 11 is 0. The minimum atomic E-state index is 0.523. The molecule has 690 valence electrons. The van der Waals surface area contributed by atoms with E-state index in [-0.39, 0.29) is 0 Å². The molecule has 27 rings (SSSR count). The molecule has 15 nitrogen and oxygen atoms in total. The fourth-order valence-corrected chi connectivity index (χ4v) is 22.3. The van der Waals surface area contributed by atoms with Gasteiger partial charge in [0.15, 0.2) is 17.1 Å². The zero-order chi connectivity index (χ0) is 101. The van der Waals surface area contributed by atoms with Crippen LogP contribution in [0.4, 0.5) is 17.1 Å². The molecule has 27 aromatic rings. The van der Waals surface area contributed by atoms with Crippen LogP contribution in [-0.4, -0.2) is 27.4 Å². The largest absolute Gasteiger partial charge is 0.309 e. The lowest BCUT2D eigenvalue weighted by atomic mass is 9.89. The van der Waals surface area contributed by atoms with E-state index in [1.54, 1.807) is 0 Å². The minimum absolute atomic E-state index is 0.523. The van der Waals surface area contributed by atoms with Crippen LogP contribution in [0.15, 0.2) is 455 Å². The van der Waals surface area contributed by atoms with Crippen LogP contribution < -0.4 is 0 Å². The molecule has 0 radical (unpaired) electrons. The van der Waals surface area contributed by atoms with E-state index >= 15 is 0 Å². The maximum Gasteiger partial charge on any atom is 0.188 e. The van der Waals surface area contributed by atoms with Crippen molar-refractivity contribution in [1.82, 2.24) is 27.4 Å². The Labute approximate surface area is 860 Å². The number of rotatable bonds is 12. The highest BCUT2D eigenvalue weighted by atomic mass is 15.0. The number of benzene rings is 21. The summed E-state index contributed by atoms with van der Waals surface area (Å²) in [5.74, 6) is 0. The second kappa shape index (κ2) is 37.0. The van der Waals surface area contributed by atoms with Gasteiger partial charge in [-0.1, -0.05) is 255 Å². The van der Waals surface area contributed by atoms with E-state index in [1.807, 2.05) is 224 Å². The molecule has 0 saturated carbocycles. The van der Waals surface area contributed by atoms with Crippen LogP contribution in [0.3, 0.4) is 0 Å². The highest BCUT2D eigenvalue weighted by Crippen LogP contribution is 2.49. The average molecular weight is 1910 g/mol. The summed E-state index contributed by atoms with van der Waals surface area (Å²) in [5, 5.41) is 74.4. The second-order valence-corrected chi connectivity index (χ2v) is 36.8. The normalized spacial score (nSPS) is 11.1. The molecule has 6 aromatic heterocycles. The van der Waals surface area contributed by atoms with Gasteiger partial charge in [-0.3, -0.25) is 0 Å². The van der Waals surface area contributed by atoms with Crippen LogP contribution in [0.25, 0.3) is 246 Å². The molecule has 0 N–H and O–H groups in total. The first-order chi connectivity index (χ1) is 74.0. The zero-order valence-electron chi connectivity index (χ0n) is 80.0. The fraction of sp³-hybridized carbons (Fsp3) is 0. The number of hydrogen-bond donors (Lipinski definition) is 0. The van der Waals surface area contributed by atoms with Crippen molar-refractivity contribution in [2.45, 2.75) is 0 Å². The van der Waals surface area contributed by atoms with E-state index in [0.717, 1.165) is 210 Å². The van der Waals surface area contributed by atoms with Gasteiger partial charge in [0.2, 0.25) is 0 Å². The lowest BCUT2D eigenvalue weighted by Gasteiger charge is -2.18. The lowest BCUT2D eigenvalue weighted by molar-refractivity contribution is 1.18. The third kappa shape index (κ3) is 14.8. The molecule has 0 unspecified atom stereocenters. The monoisotopic (exact) mass is 1910 g/mol. The van der Waals surface area contributed by atoms with E-state index in [1.165, 1.54) is 21.5 Å². The molecule has 0 spiro atoms. The smallest absolute Gasteiger partial charge is 0.188 e. The molecule has 0 fully saturated rings. The van der Waals surface area contributed by atoms with Gasteiger partial charge >= 0.3 is 0 Å². The van der Waals surface area contributed by atoms with Gasteiger partial charge in [-0.05, 0) is 255 Å². The van der Waals surface area contributed by atoms with Gasteiger partial charge in [0.1, 0.15) is 0 Å². The Morgan fingerprint density at radius 2 is 0.427 bits per heavy atom. The Balaban J connectivity index is 0.000000116. The summed E-state index contributed by atoms with van der Waals surface area (Å²) in [6, 6.07) is 167. The summed E-state index contributed by atoms with van der Waals surface area (Å²) in [4.78, 5) is 11.1. The maximum absolute atomic E-state index is 10.6. The standard InChI is InChI=1S/3C45H25N5/c1-48-32-20-24-44-39(26-32)36-12-4-7-16-42(36)50(44)43-23-17-29(27-46)25-38(43)37-13-8-9-31(28-47)45(37)30-18-21-33(22-19-30)49-40-14-5-2-10-34(40)35-11-3-6-15-41(35)49;1-48-32-18-23-45-40(26-32)37-10-4-7-13-43(37)50(45)44-22-15-30(28-47)25-39(44)34-21-14-29(27-46)24-38(34)31-16-19-33(20-17-31)49-41-11-5-2-8-35(41)36-9-3-6-12-42(36)49;1-48-31-19-23-45-40(26-31)38-14-6-9-17-43(38)50(45)44-22-18-29(27-46)24-39(44)35-11-3-2-10-34(35)33-21-20-32(25-30(33)28-47)49-41-15-7-4-12-36(41)37-13-5-8-16-42(37)49/h3*2-26H. The number of nitrogens with zero attached hydrogens (tertiary/aromatic N) is 15. The van der Waals surface area contributed by atoms with Crippen molar-refractivity contribution in [3.8, 4) is 137 Å². The Bertz CT molecular complexity index is 10700. The van der Waals surface area contributed by atoms with E-state index < -0.39 is 0 Å². The van der Waals surface area contributed by atoms with Gasteiger partial charge in [-0.15, -0.1) is 0 Å². The molecule has 15 heteroatoms. The van der Waals surface area contributed by atoms with E-state index in [0.29, 0.717) is 50.4 Å². The van der Waals surface area contributed by atoms with Crippen molar-refractivity contribution in [1.29, 1.82) is 31.6 Å². The molecule has 0 aliphatic heterocycles. The predicted molar refractivity (Wildman–Crippen MR) is 605 cm³/mol. The molecule has 6 heterocycles. The van der Waals surface area contributed by atoms with Crippen molar-refractivity contribution in [3.63, 3.8) is 0 Å². The first-order valence-corrected chi connectivity index (χ1v) is 48.8. The van der Waals surface area contributed by atoms with Crippen LogP contribution in [0.2, 0.25) is 0 Å². The molecule has 0 amide bonds. The van der Waals surface area contributed by atoms with Crippen molar-refractivity contribution < 1.29 is 0 Å². The highest BCUT2D eigenvalue weighted by Gasteiger charge is 2.28. The molecule has 0 saturated heterocycles. The van der Waals surface area contributed by atoms with E-state index in [4.69, 9.17) is 19.7 Å². The molecule has 21 aromatic carbocycles. The summed E-state index contributed by atoms with van der Waals surface area (Å²) in [5.41, 5.74) is 33.7. The Hall–Kier alpha value is -22.2. The number of hydrogen-bond acceptors (Lipinski definition) is 6. The molecule has 0 aliphatic carbocycles. The van der Waals surface area contributed by atoms with Gasteiger partial charge in [0.25, 0.3) is 0 Å². The fourth-order valence-electron chi connectivity index (χ4n) is 22.3. The SMILES string of the molecule is [C-]#[N+]c1ccc2c(c1)c1ccccc1n2-c1ccc(C#N)cc1-c1ccc(C#N)cc1-c1ccc(-n2c3ccccc3c3ccccc32)cc1.[C-]#[N+]c1ccc2c(c1)c1ccccc1n2-c1ccc(C#N)cc1-c1cccc(C#N)c1-c1ccc(-n2c3ccccc3c3ccccc32)cc1.[C-]#[N+]c1ccc2c(c1)c1ccccc1n2-c1ccc(C#N)cc1-c1ccccc1-c1ccc(-n2c3ccccc3c3ccccc32)cc1C#N. The number of aromatic nitrogens is 6. The van der Waals surface area contributed by atoms with Gasteiger partial charge in [0.05, 0.1) is 173 Å². The molecular formula is C135H75N15. The van der Waals surface area contributed by atoms with Crippen LogP contribution in [0, 0.1) is 87.7 Å². The number of para-hydroxylation sites is 9. The second-order valence-electron chi connectivity index (χ2n) is 36.8. The lowest BCUT2D eigenvalue weighted by Crippen LogP contribution is -2.00. The third-order valence-electron chi connectivity index (χ3n) is 28.8. The molecule has 0 atom stereocenters. The van der Waals surface area contributed by atoms with Crippen molar-refractivity contribution in [2.75, 3.05) is 0 Å². The number of nitriles is 6. The zero-order valence-corrected chi connectivity index (χ0v) is 80.0. The maximum atomic E-state index is 10.6. The minimum Gasteiger partial charge on any atom is -0.309 e. The average Bonchev–Trinajstić information content (AvgIpc) is 1.56. The Kier molecular flexibility index (Phi) is 22.0. The summed E-state index contributed by atoms with van der Waals surface area (Å²) < 4.78 is 13.4. The Morgan fingerprint density at radius 1 is 0.167 bits per heavy atom. The first-order valence-electron chi connectivity index (χ1n) is 48.8.